The van der Waals surface area contributed by atoms with Gasteiger partial charge in [-0.25, -0.2) is 5.43 Å². The molecule has 2 aromatic heterocycles. The lowest BCUT2D eigenvalue weighted by Crippen LogP contribution is -2.19. The van der Waals surface area contributed by atoms with Crippen molar-refractivity contribution in [2.24, 2.45) is 5.10 Å². The van der Waals surface area contributed by atoms with Gasteiger partial charge >= 0.3 is 0 Å². The molecule has 1 aromatic carbocycles. The lowest BCUT2D eigenvalue weighted by Gasteiger charge is -2.08. The van der Waals surface area contributed by atoms with E-state index < -0.39 is 0 Å². The van der Waals surface area contributed by atoms with Crippen molar-refractivity contribution in [1.82, 2.24) is 9.99 Å². The second-order valence-corrected chi connectivity index (χ2v) is 6.15. The summed E-state index contributed by atoms with van der Waals surface area (Å²) in [5.41, 5.74) is 3.82. The molecule has 0 unspecified atom stereocenters. The highest BCUT2D eigenvalue weighted by atomic mass is 79.9. The van der Waals surface area contributed by atoms with Crippen molar-refractivity contribution in [1.29, 1.82) is 0 Å². The van der Waals surface area contributed by atoms with Gasteiger partial charge in [0.25, 0.3) is 5.91 Å². The number of aromatic nitrogens is 1. The molecule has 0 saturated heterocycles. The number of furan rings is 1. The van der Waals surface area contributed by atoms with E-state index in [-0.39, 0.29) is 5.91 Å². The van der Waals surface area contributed by atoms with E-state index in [4.69, 9.17) is 4.42 Å². The van der Waals surface area contributed by atoms with Gasteiger partial charge in [-0.2, -0.15) is 5.10 Å². The first-order chi connectivity index (χ1) is 11.1. The molecule has 0 spiro atoms. The molecule has 5 nitrogen and oxygen atoms in total. The first-order valence-electron chi connectivity index (χ1n) is 6.66. The topological polar surface area (TPSA) is 59.5 Å². The summed E-state index contributed by atoms with van der Waals surface area (Å²) in [5, 5.41) is 3.93. The van der Waals surface area contributed by atoms with Crippen LogP contribution in [0.3, 0.4) is 0 Å². The Kier molecular flexibility index (Phi) is 4.78. The number of amides is 1. The lowest BCUT2D eigenvalue weighted by atomic mass is 10.1. The fourth-order valence-corrected chi connectivity index (χ4v) is 2.64. The minimum absolute atomic E-state index is 0.296. The van der Waals surface area contributed by atoms with Gasteiger partial charge < -0.3 is 8.98 Å². The van der Waals surface area contributed by atoms with E-state index in [1.165, 1.54) is 6.21 Å². The summed E-state index contributed by atoms with van der Waals surface area (Å²) < 4.78 is 8.58. The van der Waals surface area contributed by atoms with Gasteiger partial charge in [0.15, 0.2) is 4.67 Å². The molecule has 1 amide bonds. The number of para-hydroxylation sites is 1. The molecular formula is C16H11Br2N3O2. The Morgan fingerprint density at radius 2 is 1.91 bits per heavy atom. The Bertz CT molecular complexity index is 835. The van der Waals surface area contributed by atoms with Crippen LogP contribution < -0.4 is 5.43 Å². The van der Waals surface area contributed by atoms with Crippen molar-refractivity contribution in [2.45, 2.75) is 0 Å². The van der Waals surface area contributed by atoms with Crippen LogP contribution in [0, 0.1) is 0 Å². The first kappa shape index (κ1) is 15.8. The van der Waals surface area contributed by atoms with E-state index in [0.717, 1.165) is 10.2 Å². The summed E-state index contributed by atoms with van der Waals surface area (Å²) in [5.74, 6) is 0.220. The van der Waals surface area contributed by atoms with Gasteiger partial charge in [0, 0.05) is 18.5 Å². The predicted octanol–water partition coefficient (Wildman–Crippen LogP) is 4.36. The number of nitrogens with zero attached hydrogens (tertiary/aromatic N) is 2. The average molecular weight is 437 g/mol. The molecule has 0 aliphatic carbocycles. The second kappa shape index (κ2) is 6.97. The van der Waals surface area contributed by atoms with Crippen molar-refractivity contribution < 1.29 is 9.21 Å². The van der Waals surface area contributed by atoms with Crippen LogP contribution in [-0.2, 0) is 0 Å². The summed E-state index contributed by atoms with van der Waals surface area (Å²) in [6.07, 6.45) is 5.20. The number of nitrogens with one attached hydrogen (secondary N) is 1. The van der Waals surface area contributed by atoms with Gasteiger partial charge in [0.1, 0.15) is 5.76 Å². The van der Waals surface area contributed by atoms with Crippen molar-refractivity contribution in [3.8, 4) is 5.69 Å². The standard InChI is InChI=1S/C16H11Br2N3O2/c17-13-9-11(23-15(13)18)10-19-20-16(22)12-5-1-2-6-14(12)21-7-3-4-8-21/h1-10H,(H,20,22)/b19-10-. The summed E-state index contributed by atoms with van der Waals surface area (Å²) in [6, 6.07) is 12.9. The van der Waals surface area contributed by atoms with E-state index in [1.807, 2.05) is 47.3 Å². The largest absolute Gasteiger partial charge is 0.447 e. The molecule has 0 aliphatic rings. The maximum atomic E-state index is 12.3. The third-order valence-electron chi connectivity index (χ3n) is 3.05. The van der Waals surface area contributed by atoms with Gasteiger partial charge in [0.2, 0.25) is 0 Å². The Hall–Kier alpha value is -2.12. The van der Waals surface area contributed by atoms with E-state index in [2.05, 4.69) is 42.4 Å². The number of hydrazone groups is 1. The number of rotatable bonds is 4. The third-order valence-corrected chi connectivity index (χ3v) is 4.76. The quantitative estimate of drug-likeness (QED) is 0.488. The number of carbonyl (C=O) groups is 1. The first-order valence-corrected chi connectivity index (χ1v) is 8.24. The van der Waals surface area contributed by atoms with Crippen LogP contribution >= 0.6 is 31.9 Å². The van der Waals surface area contributed by atoms with Crippen molar-refractivity contribution in [3.63, 3.8) is 0 Å². The van der Waals surface area contributed by atoms with Gasteiger partial charge in [-0.15, -0.1) is 0 Å². The van der Waals surface area contributed by atoms with Crippen LogP contribution in [0.5, 0.6) is 0 Å². The molecule has 0 aliphatic heterocycles. The van der Waals surface area contributed by atoms with Crippen LogP contribution in [-0.4, -0.2) is 16.7 Å². The van der Waals surface area contributed by atoms with Gasteiger partial charge in [-0.3, -0.25) is 4.79 Å². The second-order valence-electron chi connectivity index (χ2n) is 4.58. The smallest absolute Gasteiger partial charge is 0.273 e. The molecule has 1 N–H and O–H groups in total. The van der Waals surface area contributed by atoms with E-state index in [9.17, 15) is 4.79 Å². The van der Waals surface area contributed by atoms with Gasteiger partial charge in [-0.1, -0.05) is 12.1 Å². The monoisotopic (exact) mass is 435 g/mol. The maximum absolute atomic E-state index is 12.3. The molecule has 3 aromatic rings. The lowest BCUT2D eigenvalue weighted by molar-refractivity contribution is 0.0955. The fraction of sp³-hybridized carbons (Fsp3) is 0. The van der Waals surface area contributed by atoms with E-state index in [1.54, 1.807) is 12.1 Å². The highest BCUT2D eigenvalue weighted by molar-refractivity contribution is 9.13. The molecule has 2 heterocycles. The number of halogens is 2. The molecule has 23 heavy (non-hydrogen) atoms. The van der Waals surface area contributed by atoms with Crippen LogP contribution in [0.2, 0.25) is 0 Å². The molecule has 0 bridgehead atoms. The molecule has 0 radical (unpaired) electrons. The zero-order valence-corrected chi connectivity index (χ0v) is 14.9. The Morgan fingerprint density at radius 1 is 1.17 bits per heavy atom. The highest BCUT2D eigenvalue weighted by Gasteiger charge is 2.11. The molecule has 116 valence electrons. The summed E-state index contributed by atoms with van der Waals surface area (Å²) in [6.45, 7) is 0. The normalized spacial score (nSPS) is 11.0. The van der Waals surface area contributed by atoms with Crippen LogP contribution in [0.15, 0.2) is 73.5 Å². The van der Waals surface area contributed by atoms with Crippen molar-refractivity contribution in [2.75, 3.05) is 0 Å². The van der Waals surface area contributed by atoms with Crippen LogP contribution in [0.25, 0.3) is 5.69 Å². The summed E-state index contributed by atoms with van der Waals surface area (Å²) in [7, 11) is 0. The number of benzene rings is 1. The minimum atomic E-state index is -0.296. The fourth-order valence-electron chi connectivity index (χ4n) is 2.03. The number of hydrogen-bond donors (Lipinski definition) is 1. The number of hydrogen-bond acceptors (Lipinski definition) is 3. The molecule has 0 saturated carbocycles. The zero-order chi connectivity index (χ0) is 16.2. The minimum Gasteiger partial charge on any atom is -0.447 e. The Balaban J connectivity index is 1.76. The summed E-state index contributed by atoms with van der Waals surface area (Å²) >= 11 is 6.55. The molecular weight excluding hydrogens is 426 g/mol. The zero-order valence-electron chi connectivity index (χ0n) is 11.7. The SMILES string of the molecule is O=C(N/N=C\c1cc(Br)c(Br)o1)c1ccccc1-n1cccc1. The summed E-state index contributed by atoms with van der Waals surface area (Å²) in [4.78, 5) is 12.3. The van der Waals surface area contributed by atoms with Crippen molar-refractivity contribution in [3.05, 3.63) is 75.3 Å². The Labute approximate surface area is 149 Å². The average Bonchev–Trinajstić information content (AvgIpc) is 3.18. The molecule has 0 atom stereocenters. The van der Waals surface area contributed by atoms with Gasteiger partial charge in [-0.05, 0) is 56.1 Å². The predicted molar refractivity (Wildman–Crippen MR) is 94.9 cm³/mol. The van der Waals surface area contributed by atoms with E-state index >= 15 is 0 Å². The van der Waals surface area contributed by atoms with Crippen LogP contribution in [0.4, 0.5) is 0 Å². The molecule has 7 heteroatoms. The van der Waals surface area contributed by atoms with Crippen LogP contribution in [0.1, 0.15) is 16.1 Å². The van der Waals surface area contributed by atoms with Crippen molar-refractivity contribution >= 4 is 44.0 Å². The highest BCUT2D eigenvalue weighted by Crippen LogP contribution is 2.25. The van der Waals surface area contributed by atoms with Gasteiger partial charge in [0.05, 0.1) is 21.9 Å². The molecule has 3 rings (SSSR count). The Morgan fingerprint density at radius 3 is 2.61 bits per heavy atom. The number of carbonyl (C=O) groups excluding carboxylic acids is 1. The molecule has 0 fully saturated rings. The third kappa shape index (κ3) is 3.62. The van der Waals surface area contributed by atoms with E-state index in [0.29, 0.717) is 16.0 Å². The maximum Gasteiger partial charge on any atom is 0.273 e.